The second-order valence-corrected chi connectivity index (χ2v) is 8.41. The van der Waals surface area contributed by atoms with Crippen LogP contribution in [-0.2, 0) is 4.79 Å². The molecule has 1 aromatic rings. The molecule has 2 saturated carbocycles. The quantitative estimate of drug-likeness (QED) is 0.518. The summed E-state index contributed by atoms with van der Waals surface area (Å²) in [5.41, 5.74) is -0.483. The number of amides is 3. The van der Waals surface area contributed by atoms with Crippen LogP contribution < -0.4 is 16.0 Å². The highest BCUT2D eigenvalue weighted by molar-refractivity contribution is 6.31. The normalized spacial score (nSPS) is 26.0. The van der Waals surface area contributed by atoms with Crippen molar-refractivity contribution in [3.63, 3.8) is 0 Å². The van der Waals surface area contributed by atoms with Crippen molar-refractivity contribution in [1.82, 2.24) is 16.0 Å². The van der Waals surface area contributed by atoms with Gasteiger partial charge in [0.05, 0.1) is 6.04 Å². The lowest BCUT2D eigenvalue weighted by molar-refractivity contribution is -0.210. The molecule has 1 aliphatic heterocycles. The van der Waals surface area contributed by atoms with E-state index in [0.29, 0.717) is 12.8 Å². The van der Waals surface area contributed by atoms with Gasteiger partial charge in [-0.05, 0) is 30.2 Å². The van der Waals surface area contributed by atoms with E-state index in [1.807, 2.05) is 0 Å². The Hall–Kier alpha value is -2.03. The summed E-state index contributed by atoms with van der Waals surface area (Å²) in [6.07, 6.45) is 0.368. The summed E-state index contributed by atoms with van der Waals surface area (Å²) < 4.78 is 54.7. The minimum Gasteiger partial charge on any atom is -0.347 e. The first-order chi connectivity index (χ1) is 13.1. The maximum Gasteiger partial charge on any atom is 0.315 e. The lowest BCUT2D eigenvalue weighted by Crippen LogP contribution is -2.57. The van der Waals surface area contributed by atoms with E-state index in [0.717, 1.165) is 6.07 Å². The van der Waals surface area contributed by atoms with Crippen LogP contribution in [-0.4, -0.2) is 30.4 Å². The lowest BCUT2D eigenvalue weighted by Gasteiger charge is -2.59. The Morgan fingerprint density at radius 3 is 2.50 bits per heavy atom. The van der Waals surface area contributed by atoms with Crippen molar-refractivity contribution in [3.8, 4) is 0 Å². The summed E-state index contributed by atoms with van der Waals surface area (Å²) in [7, 11) is 0. The van der Waals surface area contributed by atoms with Gasteiger partial charge in [0, 0.05) is 24.9 Å². The van der Waals surface area contributed by atoms with Crippen molar-refractivity contribution in [2.45, 2.75) is 43.7 Å². The number of rotatable bonds is 4. The third-order valence-electron chi connectivity index (χ3n) is 5.92. The van der Waals surface area contributed by atoms with Crippen LogP contribution in [0, 0.1) is 23.0 Å². The third kappa shape index (κ3) is 3.29. The molecule has 152 valence electrons. The predicted octanol–water partition coefficient (Wildman–Crippen LogP) is 3.28. The molecular weight excluding hydrogens is 402 g/mol. The molecule has 0 aromatic heterocycles. The average molecular weight is 420 g/mol. The first kappa shape index (κ1) is 19.3. The van der Waals surface area contributed by atoms with Crippen LogP contribution in [0.3, 0.4) is 0 Å². The van der Waals surface area contributed by atoms with E-state index in [1.54, 1.807) is 0 Å². The van der Waals surface area contributed by atoms with Gasteiger partial charge in [-0.25, -0.2) is 22.4 Å². The van der Waals surface area contributed by atoms with Gasteiger partial charge >= 0.3 is 6.03 Å². The van der Waals surface area contributed by atoms with Gasteiger partial charge in [0.15, 0.2) is 0 Å². The zero-order valence-corrected chi connectivity index (χ0v) is 15.4. The molecule has 3 aliphatic rings. The zero-order chi connectivity index (χ0) is 20.3. The van der Waals surface area contributed by atoms with Gasteiger partial charge in [-0.1, -0.05) is 17.7 Å². The average Bonchev–Trinajstić information content (AvgIpc) is 3.00. The molecule has 0 radical (unpaired) electrons. The molecular formula is C18H18ClF4N3O2. The van der Waals surface area contributed by atoms with Crippen LogP contribution in [0.25, 0.3) is 0 Å². The number of benzene rings is 1. The SMILES string of the molecule is O=C1NCC(C(=O)NC(c2ccc(F)c(Cl)c2F)C2CC3(C2)CC(F)(F)C3)N1. The maximum absolute atomic E-state index is 14.6. The van der Waals surface area contributed by atoms with E-state index in [2.05, 4.69) is 16.0 Å². The van der Waals surface area contributed by atoms with E-state index in [-0.39, 0.29) is 30.9 Å². The van der Waals surface area contributed by atoms with E-state index in [9.17, 15) is 27.2 Å². The van der Waals surface area contributed by atoms with Gasteiger partial charge in [-0.15, -0.1) is 0 Å². The second-order valence-electron chi connectivity index (χ2n) is 8.04. The summed E-state index contributed by atoms with van der Waals surface area (Å²) in [6.45, 7) is 0.0743. The summed E-state index contributed by atoms with van der Waals surface area (Å²) in [6, 6.07) is 0.0175. The fraction of sp³-hybridized carbons (Fsp3) is 0.556. The van der Waals surface area contributed by atoms with Gasteiger partial charge in [0.25, 0.3) is 0 Å². The Kier molecular flexibility index (Phi) is 4.48. The molecule has 2 atom stereocenters. The van der Waals surface area contributed by atoms with Crippen LogP contribution in [0.5, 0.6) is 0 Å². The van der Waals surface area contributed by atoms with Crippen LogP contribution in [0.15, 0.2) is 12.1 Å². The molecule has 10 heteroatoms. The fourth-order valence-corrected chi connectivity index (χ4v) is 4.89. The molecule has 1 spiro atoms. The Balaban J connectivity index is 1.55. The zero-order valence-electron chi connectivity index (χ0n) is 14.6. The standard InChI is InChI=1S/C18H18ClF4N3O2/c19-12-10(20)2-1-9(13(12)21)14(26-15(27)11-5-24-16(28)25-11)8-3-17(4-8)6-18(22,23)7-17/h1-2,8,11,14H,3-7H2,(H,26,27)(H2,24,25,28). The number of carbonyl (C=O) groups excluding carboxylic acids is 2. The number of halogens is 5. The monoisotopic (exact) mass is 419 g/mol. The smallest absolute Gasteiger partial charge is 0.315 e. The summed E-state index contributed by atoms with van der Waals surface area (Å²) in [5.74, 6) is -5.41. The van der Waals surface area contributed by atoms with Gasteiger partial charge in [-0.2, -0.15) is 0 Å². The molecule has 28 heavy (non-hydrogen) atoms. The largest absolute Gasteiger partial charge is 0.347 e. The van der Waals surface area contributed by atoms with Crippen LogP contribution >= 0.6 is 11.6 Å². The molecule has 3 amide bonds. The first-order valence-corrected chi connectivity index (χ1v) is 9.33. The molecule has 2 unspecified atom stereocenters. The molecule has 2 aliphatic carbocycles. The van der Waals surface area contributed by atoms with E-state index in [4.69, 9.17) is 11.6 Å². The van der Waals surface area contributed by atoms with Gasteiger partial charge in [-0.3, -0.25) is 4.79 Å². The number of urea groups is 1. The van der Waals surface area contributed by atoms with Crippen molar-refractivity contribution < 1.29 is 27.2 Å². The molecule has 0 bridgehead atoms. The Labute approximate surface area is 163 Å². The number of carbonyl (C=O) groups is 2. The minimum atomic E-state index is -2.67. The minimum absolute atomic E-state index is 0.00275. The number of alkyl halides is 2. The van der Waals surface area contributed by atoms with Gasteiger partial charge < -0.3 is 16.0 Å². The van der Waals surface area contributed by atoms with Crippen LogP contribution in [0.2, 0.25) is 5.02 Å². The topological polar surface area (TPSA) is 70.2 Å². The van der Waals surface area contributed by atoms with Crippen LogP contribution in [0.4, 0.5) is 22.4 Å². The second kappa shape index (κ2) is 6.50. The van der Waals surface area contributed by atoms with Crippen molar-refractivity contribution in [2.24, 2.45) is 11.3 Å². The van der Waals surface area contributed by atoms with Crippen molar-refractivity contribution >= 4 is 23.5 Å². The summed E-state index contributed by atoms with van der Waals surface area (Å²) >= 11 is 5.68. The van der Waals surface area contributed by atoms with Crippen LogP contribution in [0.1, 0.15) is 37.3 Å². The highest BCUT2D eigenvalue weighted by Crippen LogP contribution is 2.66. The third-order valence-corrected chi connectivity index (χ3v) is 6.26. The Bertz CT molecular complexity index is 834. The highest BCUT2D eigenvalue weighted by atomic mass is 35.5. The van der Waals surface area contributed by atoms with Crippen molar-refractivity contribution in [2.75, 3.05) is 6.54 Å². The van der Waals surface area contributed by atoms with E-state index >= 15 is 0 Å². The molecule has 3 fully saturated rings. The molecule has 1 aromatic carbocycles. The van der Waals surface area contributed by atoms with Gasteiger partial charge in [0.1, 0.15) is 22.7 Å². The molecule has 1 saturated heterocycles. The van der Waals surface area contributed by atoms with Crippen molar-refractivity contribution in [1.29, 1.82) is 0 Å². The Morgan fingerprint density at radius 2 is 1.93 bits per heavy atom. The molecule has 5 nitrogen and oxygen atoms in total. The number of hydrogen-bond donors (Lipinski definition) is 3. The first-order valence-electron chi connectivity index (χ1n) is 8.95. The number of nitrogens with one attached hydrogen (secondary N) is 3. The summed E-state index contributed by atoms with van der Waals surface area (Å²) in [5, 5.41) is 6.89. The summed E-state index contributed by atoms with van der Waals surface area (Å²) in [4.78, 5) is 23.8. The maximum atomic E-state index is 14.6. The van der Waals surface area contributed by atoms with E-state index < -0.39 is 52.0 Å². The van der Waals surface area contributed by atoms with Crippen molar-refractivity contribution in [3.05, 3.63) is 34.4 Å². The van der Waals surface area contributed by atoms with E-state index in [1.165, 1.54) is 6.07 Å². The predicted molar refractivity (Wildman–Crippen MR) is 91.9 cm³/mol. The van der Waals surface area contributed by atoms with Gasteiger partial charge in [0.2, 0.25) is 11.8 Å². The Morgan fingerprint density at radius 1 is 1.25 bits per heavy atom. The highest BCUT2D eigenvalue weighted by Gasteiger charge is 2.63. The molecule has 1 heterocycles. The number of hydrogen-bond acceptors (Lipinski definition) is 2. The molecule has 4 rings (SSSR count). The molecule has 3 N–H and O–H groups in total. The lowest BCUT2D eigenvalue weighted by atomic mass is 9.48. The fourth-order valence-electron chi connectivity index (χ4n) is 4.72.